The quantitative estimate of drug-likeness (QED) is 0.799. The van der Waals surface area contributed by atoms with Crippen LogP contribution in [0.25, 0.3) is 0 Å². The summed E-state index contributed by atoms with van der Waals surface area (Å²) >= 11 is 9.86. The van der Waals surface area contributed by atoms with Crippen LogP contribution < -0.4 is 0 Å². The van der Waals surface area contributed by atoms with Gasteiger partial charge in [-0.25, -0.2) is 0 Å². The van der Waals surface area contributed by atoms with Gasteiger partial charge >= 0.3 is 0 Å². The van der Waals surface area contributed by atoms with Gasteiger partial charge in [-0.3, -0.25) is 0 Å². The van der Waals surface area contributed by atoms with Gasteiger partial charge in [-0.1, -0.05) is 33.6 Å². The SMILES string of the molecule is Cc1cc(CC(C)(O)C2CCC3(CC2)OCCO3)c(Cl)cc1Br. The van der Waals surface area contributed by atoms with Gasteiger partial charge in [-0.05, 0) is 49.8 Å². The maximum Gasteiger partial charge on any atom is 0.168 e. The van der Waals surface area contributed by atoms with Crippen molar-refractivity contribution in [3.8, 4) is 0 Å². The largest absolute Gasteiger partial charge is 0.390 e. The summed E-state index contributed by atoms with van der Waals surface area (Å²) in [7, 11) is 0. The fourth-order valence-corrected chi connectivity index (χ4v) is 4.55. The van der Waals surface area contributed by atoms with Crippen LogP contribution in [0.4, 0.5) is 0 Å². The number of aliphatic hydroxyl groups is 1. The first-order valence-electron chi connectivity index (χ1n) is 8.26. The Labute approximate surface area is 151 Å². The second kappa shape index (κ2) is 6.64. The molecule has 5 heteroatoms. The summed E-state index contributed by atoms with van der Waals surface area (Å²) in [6.07, 6.45) is 4.13. The average molecular weight is 404 g/mol. The van der Waals surface area contributed by atoms with E-state index >= 15 is 0 Å². The molecule has 1 spiro atoms. The molecule has 1 aliphatic carbocycles. The third-order valence-corrected chi connectivity index (χ3v) is 6.52. The molecule has 2 aliphatic rings. The van der Waals surface area contributed by atoms with Crippen LogP contribution in [0.1, 0.15) is 43.7 Å². The molecule has 0 amide bonds. The molecule has 1 saturated carbocycles. The first-order valence-corrected chi connectivity index (χ1v) is 9.43. The number of hydrogen-bond acceptors (Lipinski definition) is 3. The fourth-order valence-electron chi connectivity index (χ4n) is 3.85. The molecule has 1 heterocycles. The molecule has 1 saturated heterocycles. The highest BCUT2D eigenvalue weighted by molar-refractivity contribution is 9.10. The molecule has 0 aromatic heterocycles. The zero-order valence-corrected chi connectivity index (χ0v) is 16.0. The summed E-state index contributed by atoms with van der Waals surface area (Å²) in [5.41, 5.74) is 1.37. The first kappa shape index (κ1) is 17.7. The molecule has 2 fully saturated rings. The van der Waals surface area contributed by atoms with E-state index in [0.717, 1.165) is 41.3 Å². The molecule has 3 rings (SSSR count). The molecule has 23 heavy (non-hydrogen) atoms. The lowest BCUT2D eigenvalue weighted by Gasteiger charge is -2.41. The average Bonchev–Trinajstić information content (AvgIpc) is 2.93. The van der Waals surface area contributed by atoms with Gasteiger partial charge in [-0.15, -0.1) is 0 Å². The predicted molar refractivity (Wildman–Crippen MR) is 94.8 cm³/mol. The summed E-state index contributed by atoms with van der Waals surface area (Å²) < 4.78 is 12.6. The van der Waals surface area contributed by atoms with Crippen molar-refractivity contribution in [2.45, 2.75) is 57.3 Å². The summed E-state index contributed by atoms with van der Waals surface area (Å²) in [4.78, 5) is 0. The summed E-state index contributed by atoms with van der Waals surface area (Å²) in [5.74, 6) is -0.140. The van der Waals surface area contributed by atoms with Crippen LogP contribution in [0.3, 0.4) is 0 Å². The number of ether oxygens (including phenoxy) is 2. The Balaban J connectivity index is 1.69. The molecule has 1 aromatic carbocycles. The standard InChI is InChI=1S/C18H24BrClO3/c1-12-9-13(16(20)10-15(12)19)11-17(2,21)14-3-5-18(6-4-14)22-7-8-23-18/h9-10,14,21H,3-8,11H2,1-2H3. The number of rotatable bonds is 3. The van der Waals surface area contributed by atoms with E-state index in [1.807, 2.05) is 19.9 Å². The molecule has 1 aromatic rings. The van der Waals surface area contributed by atoms with E-state index in [1.54, 1.807) is 0 Å². The van der Waals surface area contributed by atoms with E-state index in [-0.39, 0.29) is 11.7 Å². The minimum Gasteiger partial charge on any atom is -0.390 e. The Morgan fingerprint density at radius 3 is 2.52 bits per heavy atom. The van der Waals surface area contributed by atoms with Gasteiger partial charge in [0.05, 0.1) is 18.8 Å². The highest BCUT2D eigenvalue weighted by Crippen LogP contribution is 2.43. The Kier molecular flexibility index (Phi) is 5.11. The fraction of sp³-hybridized carbons (Fsp3) is 0.667. The van der Waals surface area contributed by atoms with Gasteiger partial charge < -0.3 is 14.6 Å². The van der Waals surface area contributed by atoms with Gasteiger partial charge in [0, 0.05) is 28.8 Å². The van der Waals surface area contributed by atoms with Crippen LogP contribution in [-0.2, 0) is 15.9 Å². The molecule has 1 N–H and O–H groups in total. The smallest absolute Gasteiger partial charge is 0.168 e. The molecule has 1 unspecified atom stereocenters. The minimum absolute atomic E-state index is 0.237. The van der Waals surface area contributed by atoms with Crippen molar-refractivity contribution in [2.24, 2.45) is 5.92 Å². The van der Waals surface area contributed by atoms with Gasteiger partial charge in [0.25, 0.3) is 0 Å². The van der Waals surface area contributed by atoms with Crippen LogP contribution in [0.5, 0.6) is 0 Å². The highest BCUT2D eigenvalue weighted by Gasteiger charge is 2.44. The molecular formula is C18H24BrClO3. The van der Waals surface area contributed by atoms with Crippen molar-refractivity contribution in [3.63, 3.8) is 0 Å². The van der Waals surface area contributed by atoms with Crippen molar-refractivity contribution in [3.05, 3.63) is 32.8 Å². The van der Waals surface area contributed by atoms with E-state index in [9.17, 15) is 5.11 Å². The minimum atomic E-state index is -0.774. The van der Waals surface area contributed by atoms with Crippen LogP contribution in [0, 0.1) is 12.8 Å². The zero-order chi connectivity index (χ0) is 16.7. The van der Waals surface area contributed by atoms with E-state index < -0.39 is 5.60 Å². The molecule has 1 atom stereocenters. The summed E-state index contributed by atoms with van der Waals surface area (Å²) in [5, 5.41) is 11.8. The van der Waals surface area contributed by atoms with Crippen molar-refractivity contribution >= 4 is 27.5 Å². The van der Waals surface area contributed by atoms with E-state index in [0.29, 0.717) is 24.7 Å². The molecule has 3 nitrogen and oxygen atoms in total. The van der Waals surface area contributed by atoms with Crippen molar-refractivity contribution in [1.82, 2.24) is 0 Å². The Morgan fingerprint density at radius 1 is 1.30 bits per heavy atom. The Bertz CT molecular complexity index is 572. The van der Waals surface area contributed by atoms with Crippen molar-refractivity contribution in [1.29, 1.82) is 0 Å². The topological polar surface area (TPSA) is 38.7 Å². The first-order chi connectivity index (χ1) is 10.8. The molecule has 0 bridgehead atoms. The number of hydrogen-bond donors (Lipinski definition) is 1. The zero-order valence-electron chi connectivity index (χ0n) is 13.7. The summed E-state index contributed by atoms with van der Waals surface area (Å²) in [6, 6.07) is 3.98. The molecule has 1 aliphatic heterocycles. The van der Waals surface area contributed by atoms with E-state index in [2.05, 4.69) is 22.0 Å². The van der Waals surface area contributed by atoms with Crippen LogP contribution in [0.2, 0.25) is 5.02 Å². The van der Waals surface area contributed by atoms with Crippen molar-refractivity contribution < 1.29 is 14.6 Å². The van der Waals surface area contributed by atoms with Crippen LogP contribution >= 0.6 is 27.5 Å². The lowest BCUT2D eigenvalue weighted by atomic mass is 9.73. The maximum atomic E-state index is 11.1. The Morgan fingerprint density at radius 2 is 1.91 bits per heavy atom. The lowest BCUT2D eigenvalue weighted by Crippen LogP contribution is -2.44. The molecule has 0 radical (unpaired) electrons. The van der Waals surface area contributed by atoms with Crippen LogP contribution in [-0.4, -0.2) is 29.7 Å². The van der Waals surface area contributed by atoms with Gasteiger partial charge in [0.1, 0.15) is 0 Å². The van der Waals surface area contributed by atoms with E-state index in [4.69, 9.17) is 21.1 Å². The maximum absolute atomic E-state index is 11.1. The summed E-state index contributed by atoms with van der Waals surface area (Å²) in [6.45, 7) is 5.35. The third kappa shape index (κ3) is 3.77. The second-order valence-corrected chi connectivity index (χ2v) is 8.37. The Hall–Kier alpha value is -0.130. The lowest BCUT2D eigenvalue weighted by molar-refractivity contribution is -0.192. The molecular weight excluding hydrogens is 380 g/mol. The van der Waals surface area contributed by atoms with Crippen LogP contribution in [0.15, 0.2) is 16.6 Å². The van der Waals surface area contributed by atoms with Crippen molar-refractivity contribution in [2.75, 3.05) is 13.2 Å². The van der Waals surface area contributed by atoms with Gasteiger partial charge in [-0.2, -0.15) is 0 Å². The monoisotopic (exact) mass is 402 g/mol. The molecule has 128 valence electrons. The number of halogens is 2. The normalized spacial score (nSPS) is 24.0. The second-order valence-electron chi connectivity index (χ2n) is 7.11. The van der Waals surface area contributed by atoms with Gasteiger partial charge in [0.2, 0.25) is 0 Å². The number of benzene rings is 1. The highest BCUT2D eigenvalue weighted by atomic mass is 79.9. The van der Waals surface area contributed by atoms with Gasteiger partial charge in [0.15, 0.2) is 5.79 Å². The predicted octanol–water partition coefficient (Wildman–Crippen LogP) is 4.64. The third-order valence-electron chi connectivity index (χ3n) is 5.32. The van der Waals surface area contributed by atoms with E-state index in [1.165, 1.54) is 0 Å². The number of aryl methyl sites for hydroxylation is 1.